The summed E-state index contributed by atoms with van der Waals surface area (Å²) in [6, 6.07) is 0. The molecule has 0 amide bonds. The molecule has 2 aliphatic heterocycles. The molecule has 0 radical (unpaired) electrons. The van der Waals surface area contributed by atoms with E-state index in [9.17, 15) is 0 Å². The van der Waals surface area contributed by atoms with Crippen molar-refractivity contribution >= 4 is 0 Å². The van der Waals surface area contributed by atoms with Crippen molar-refractivity contribution in [1.82, 2.24) is 0 Å². The first kappa shape index (κ1) is 6.92. The first-order valence-corrected chi connectivity index (χ1v) is 4.05. The van der Waals surface area contributed by atoms with E-state index in [0.29, 0.717) is 12.7 Å². The molecule has 0 aliphatic carbocycles. The van der Waals surface area contributed by atoms with Crippen LogP contribution < -0.4 is 0 Å². The predicted molar refractivity (Wildman–Crippen MR) is 42.1 cm³/mol. The van der Waals surface area contributed by atoms with Gasteiger partial charge in [-0.05, 0) is 24.5 Å². The van der Waals surface area contributed by atoms with Gasteiger partial charge in [0.25, 0.3) is 0 Å². The maximum atomic E-state index is 5.51. The molecule has 0 aromatic heterocycles. The van der Waals surface area contributed by atoms with Gasteiger partial charge in [0.1, 0.15) is 6.61 Å². The zero-order chi connectivity index (χ0) is 7.52. The molecule has 1 unspecified atom stereocenters. The molecule has 2 rings (SSSR count). The Balaban J connectivity index is 2.02. The fourth-order valence-electron chi connectivity index (χ4n) is 1.48. The average Bonchev–Trinajstić information content (AvgIpc) is 2.58. The van der Waals surface area contributed by atoms with E-state index < -0.39 is 0 Å². The molecule has 0 N–H and O–H groups in total. The van der Waals surface area contributed by atoms with Gasteiger partial charge in [-0.3, -0.25) is 0 Å². The van der Waals surface area contributed by atoms with Crippen LogP contribution in [0.1, 0.15) is 12.8 Å². The molecule has 0 bridgehead atoms. The van der Waals surface area contributed by atoms with Crippen molar-refractivity contribution in [2.75, 3.05) is 13.2 Å². The SMILES string of the molecule is C1=COCC(C2CCCO2)=C1. The molecule has 0 aromatic carbocycles. The Kier molecular flexibility index (Phi) is 1.95. The number of allylic oxidation sites excluding steroid dienone is 2. The molecule has 60 valence electrons. The van der Waals surface area contributed by atoms with E-state index >= 15 is 0 Å². The van der Waals surface area contributed by atoms with Gasteiger partial charge in [0.15, 0.2) is 0 Å². The van der Waals surface area contributed by atoms with Gasteiger partial charge in [0, 0.05) is 6.61 Å². The third kappa shape index (κ3) is 1.46. The van der Waals surface area contributed by atoms with Crippen molar-refractivity contribution in [2.45, 2.75) is 18.9 Å². The predicted octanol–water partition coefficient (Wildman–Crippen LogP) is 1.64. The van der Waals surface area contributed by atoms with Crippen LogP contribution in [0.25, 0.3) is 0 Å². The normalized spacial score (nSPS) is 29.8. The Bertz CT molecular complexity index is 188. The summed E-state index contributed by atoms with van der Waals surface area (Å²) in [4.78, 5) is 0. The van der Waals surface area contributed by atoms with E-state index in [1.165, 1.54) is 12.0 Å². The van der Waals surface area contributed by atoms with Gasteiger partial charge < -0.3 is 9.47 Å². The number of rotatable bonds is 1. The van der Waals surface area contributed by atoms with Crippen LogP contribution in [0.3, 0.4) is 0 Å². The molecule has 1 atom stereocenters. The van der Waals surface area contributed by atoms with Crippen LogP contribution in [-0.2, 0) is 9.47 Å². The summed E-state index contributed by atoms with van der Waals surface area (Å²) < 4.78 is 10.7. The van der Waals surface area contributed by atoms with Crippen LogP contribution in [0.4, 0.5) is 0 Å². The fraction of sp³-hybridized carbons (Fsp3) is 0.556. The monoisotopic (exact) mass is 152 g/mol. The lowest BCUT2D eigenvalue weighted by atomic mass is 10.1. The first-order chi connectivity index (χ1) is 5.47. The van der Waals surface area contributed by atoms with E-state index in [0.717, 1.165) is 13.0 Å². The van der Waals surface area contributed by atoms with Gasteiger partial charge >= 0.3 is 0 Å². The molecule has 2 nitrogen and oxygen atoms in total. The third-order valence-corrected chi connectivity index (χ3v) is 2.08. The molecule has 2 heteroatoms. The zero-order valence-corrected chi connectivity index (χ0v) is 6.45. The Morgan fingerprint density at radius 2 is 2.45 bits per heavy atom. The standard InChI is InChI=1S/C9H12O2/c1-3-8(7-10-5-1)9-4-2-6-11-9/h1,3,5,9H,2,4,6-7H2. The lowest BCUT2D eigenvalue weighted by molar-refractivity contribution is 0.122. The second kappa shape index (κ2) is 3.09. The second-order valence-corrected chi connectivity index (χ2v) is 2.88. The highest BCUT2D eigenvalue weighted by molar-refractivity contribution is 5.19. The number of hydrogen-bond acceptors (Lipinski definition) is 2. The van der Waals surface area contributed by atoms with E-state index in [1.54, 1.807) is 6.26 Å². The molecular formula is C9H12O2. The minimum absolute atomic E-state index is 0.333. The summed E-state index contributed by atoms with van der Waals surface area (Å²) in [5.74, 6) is 0. The van der Waals surface area contributed by atoms with Crippen molar-refractivity contribution in [3.8, 4) is 0 Å². The van der Waals surface area contributed by atoms with Gasteiger partial charge in [-0.25, -0.2) is 0 Å². The minimum Gasteiger partial charge on any atom is -0.497 e. The highest BCUT2D eigenvalue weighted by Gasteiger charge is 2.20. The average molecular weight is 152 g/mol. The summed E-state index contributed by atoms with van der Waals surface area (Å²) in [5.41, 5.74) is 1.28. The fourth-order valence-corrected chi connectivity index (χ4v) is 1.48. The highest BCUT2D eigenvalue weighted by Crippen LogP contribution is 2.21. The zero-order valence-electron chi connectivity index (χ0n) is 6.45. The second-order valence-electron chi connectivity index (χ2n) is 2.88. The molecule has 1 fully saturated rings. The Morgan fingerprint density at radius 1 is 1.45 bits per heavy atom. The van der Waals surface area contributed by atoms with Gasteiger partial charge in [0.2, 0.25) is 0 Å². The van der Waals surface area contributed by atoms with E-state index in [-0.39, 0.29) is 0 Å². The molecule has 11 heavy (non-hydrogen) atoms. The summed E-state index contributed by atoms with van der Waals surface area (Å²) >= 11 is 0. The molecule has 0 spiro atoms. The molecule has 2 aliphatic rings. The van der Waals surface area contributed by atoms with Crippen LogP contribution >= 0.6 is 0 Å². The molecule has 2 heterocycles. The smallest absolute Gasteiger partial charge is 0.111 e. The van der Waals surface area contributed by atoms with Crippen molar-refractivity contribution in [3.05, 3.63) is 24.0 Å². The Hall–Kier alpha value is -0.760. The summed E-state index contributed by atoms with van der Waals surface area (Å²) in [5, 5.41) is 0. The molecule has 0 aromatic rings. The van der Waals surface area contributed by atoms with E-state index in [1.807, 2.05) is 6.08 Å². The van der Waals surface area contributed by atoms with Crippen LogP contribution in [-0.4, -0.2) is 19.3 Å². The van der Waals surface area contributed by atoms with E-state index in [2.05, 4.69) is 6.08 Å². The minimum atomic E-state index is 0.333. The van der Waals surface area contributed by atoms with Crippen molar-refractivity contribution < 1.29 is 9.47 Å². The Morgan fingerprint density at radius 3 is 3.09 bits per heavy atom. The van der Waals surface area contributed by atoms with Crippen LogP contribution in [0.15, 0.2) is 24.0 Å². The summed E-state index contributed by atoms with van der Waals surface area (Å²) in [6.45, 7) is 1.62. The van der Waals surface area contributed by atoms with Crippen LogP contribution in [0.5, 0.6) is 0 Å². The van der Waals surface area contributed by atoms with Crippen LogP contribution in [0.2, 0.25) is 0 Å². The largest absolute Gasteiger partial charge is 0.497 e. The first-order valence-electron chi connectivity index (χ1n) is 4.05. The molecule has 0 saturated carbocycles. The van der Waals surface area contributed by atoms with E-state index in [4.69, 9.17) is 9.47 Å². The topological polar surface area (TPSA) is 18.5 Å². The van der Waals surface area contributed by atoms with Gasteiger partial charge in [0.05, 0.1) is 12.4 Å². The van der Waals surface area contributed by atoms with Crippen molar-refractivity contribution in [2.24, 2.45) is 0 Å². The highest BCUT2D eigenvalue weighted by atomic mass is 16.5. The third-order valence-electron chi connectivity index (χ3n) is 2.08. The number of hydrogen-bond donors (Lipinski definition) is 0. The van der Waals surface area contributed by atoms with Crippen LogP contribution in [0, 0.1) is 0 Å². The molecular weight excluding hydrogens is 140 g/mol. The Labute approximate surface area is 66.5 Å². The summed E-state index contributed by atoms with van der Waals surface area (Å²) in [6.07, 6.45) is 8.42. The van der Waals surface area contributed by atoms with Gasteiger partial charge in [-0.15, -0.1) is 0 Å². The quantitative estimate of drug-likeness (QED) is 0.568. The lowest BCUT2D eigenvalue weighted by Crippen LogP contribution is -2.14. The molecule has 1 saturated heterocycles. The lowest BCUT2D eigenvalue weighted by Gasteiger charge is -2.15. The van der Waals surface area contributed by atoms with Gasteiger partial charge in [-0.2, -0.15) is 0 Å². The van der Waals surface area contributed by atoms with Gasteiger partial charge in [-0.1, -0.05) is 6.08 Å². The number of ether oxygens (including phenoxy) is 2. The maximum absolute atomic E-state index is 5.51. The van der Waals surface area contributed by atoms with Crippen molar-refractivity contribution in [3.63, 3.8) is 0 Å². The van der Waals surface area contributed by atoms with Crippen molar-refractivity contribution in [1.29, 1.82) is 0 Å². The maximum Gasteiger partial charge on any atom is 0.111 e. The summed E-state index contributed by atoms with van der Waals surface area (Å²) in [7, 11) is 0.